The Kier molecular flexibility index (Phi) is 8.21. The summed E-state index contributed by atoms with van der Waals surface area (Å²) in [4.78, 5) is 38.7. The number of nitrogens with two attached hydrogens (primary N) is 1. The number of fused-ring (bicyclic) bond motifs is 1. The summed E-state index contributed by atoms with van der Waals surface area (Å²) in [7, 11) is 0. The van der Waals surface area contributed by atoms with Gasteiger partial charge in [-0.1, -0.05) is 36.4 Å². The first-order valence-corrected chi connectivity index (χ1v) is 10.9. The van der Waals surface area contributed by atoms with Crippen LogP contribution in [0.25, 0.3) is 0 Å². The van der Waals surface area contributed by atoms with Gasteiger partial charge >= 0.3 is 5.97 Å². The van der Waals surface area contributed by atoms with E-state index in [-0.39, 0.29) is 18.2 Å². The number of anilines is 1. The Morgan fingerprint density at radius 3 is 2.66 bits per heavy atom. The third-order valence-electron chi connectivity index (χ3n) is 5.48. The van der Waals surface area contributed by atoms with Crippen LogP contribution in [0.1, 0.15) is 40.7 Å². The largest absolute Gasteiger partial charge is 0.481 e. The average molecular weight is 439 g/mol. The summed E-state index contributed by atoms with van der Waals surface area (Å²) >= 11 is 0. The van der Waals surface area contributed by atoms with Crippen molar-refractivity contribution in [3.63, 3.8) is 0 Å². The van der Waals surface area contributed by atoms with Gasteiger partial charge in [0.1, 0.15) is 6.04 Å². The van der Waals surface area contributed by atoms with Crippen LogP contribution >= 0.6 is 0 Å². The summed E-state index contributed by atoms with van der Waals surface area (Å²) in [6, 6.07) is 14.2. The number of nitrogens with zero attached hydrogens (tertiary/aromatic N) is 1. The van der Waals surface area contributed by atoms with Gasteiger partial charge in [0.25, 0.3) is 5.91 Å². The fourth-order valence-electron chi connectivity index (χ4n) is 3.73. The Bertz CT molecular complexity index is 948. The fraction of sp³-hybridized carbons (Fsp3) is 0.375. The Balaban J connectivity index is 1.78. The molecule has 1 heterocycles. The highest BCUT2D eigenvalue weighted by molar-refractivity contribution is 5.96. The Labute approximate surface area is 187 Å². The van der Waals surface area contributed by atoms with E-state index in [0.717, 1.165) is 24.0 Å². The molecule has 0 unspecified atom stereocenters. The molecule has 2 aromatic rings. The maximum atomic E-state index is 13.1. The van der Waals surface area contributed by atoms with E-state index in [1.54, 1.807) is 17.0 Å². The molecule has 0 spiro atoms. The van der Waals surface area contributed by atoms with Crippen LogP contribution in [0.2, 0.25) is 0 Å². The Morgan fingerprint density at radius 2 is 1.94 bits per heavy atom. The van der Waals surface area contributed by atoms with E-state index in [2.05, 4.69) is 10.6 Å². The van der Waals surface area contributed by atoms with Crippen molar-refractivity contribution in [3.05, 3.63) is 65.2 Å². The van der Waals surface area contributed by atoms with Gasteiger partial charge in [0, 0.05) is 30.9 Å². The first-order chi connectivity index (χ1) is 15.5. The van der Waals surface area contributed by atoms with Crippen LogP contribution < -0.4 is 16.4 Å². The zero-order valence-corrected chi connectivity index (χ0v) is 18.0. The second kappa shape index (κ2) is 11.3. The first kappa shape index (κ1) is 23.3. The quantitative estimate of drug-likeness (QED) is 0.421. The maximum Gasteiger partial charge on any atom is 0.305 e. The molecule has 0 radical (unpaired) electrons. The zero-order chi connectivity index (χ0) is 22.9. The molecular formula is C24H30N4O4. The van der Waals surface area contributed by atoms with Crippen molar-refractivity contribution in [2.45, 2.75) is 38.3 Å². The number of carbonyl (C=O) groups is 3. The molecule has 170 valence electrons. The summed E-state index contributed by atoms with van der Waals surface area (Å²) in [6.45, 7) is 1.94. The molecule has 2 aromatic carbocycles. The number of benzene rings is 2. The van der Waals surface area contributed by atoms with Crippen LogP contribution in [-0.4, -0.2) is 53.5 Å². The number of hydrogen-bond donors (Lipinski definition) is 4. The van der Waals surface area contributed by atoms with E-state index >= 15 is 0 Å². The van der Waals surface area contributed by atoms with Gasteiger partial charge in [0.05, 0.1) is 6.42 Å². The van der Waals surface area contributed by atoms with Crippen LogP contribution in [0.15, 0.2) is 48.5 Å². The molecule has 1 aliphatic rings. The predicted molar refractivity (Wildman–Crippen MR) is 122 cm³/mol. The molecule has 0 saturated heterocycles. The maximum absolute atomic E-state index is 13.1. The van der Waals surface area contributed by atoms with E-state index in [0.29, 0.717) is 43.9 Å². The summed E-state index contributed by atoms with van der Waals surface area (Å²) in [5.41, 5.74) is 8.50. The van der Waals surface area contributed by atoms with Gasteiger partial charge in [0.15, 0.2) is 0 Å². The van der Waals surface area contributed by atoms with E-state index in [1.165, 1.54) is 0 Å². The van der Waals surface area contributed by atoms with Gasteiger partial charge in [-0.25, -0.2) is 0 Å². The summed E-state index contributed by atoms with van der Waals surface area (Å²) in [6.07, 6.45) is 1.97. The minimum absolute atomic E-state index is 0.210. The van der Waals surface area contributed by atoms with Crippen LogP contribution in [-0.2, 0) is 22.6 Å². The average Bonchev–Trinajstić information content (AvgIpc) is 2.91. The Morgan fingerprint density at radius 1 is 1.16 bits per heavy atom. The lowest BCUT2D eigenvalue weighted by molar-refractivity contribution is -0.141. The highest BCUT2D eigenvalue weighted by Crippen LogP contribution is 2.26. The summed E-state index contributed by atoms with van der Waals surface area (Å²) < 4.78 is 0. The lowest BCUT2D eigenvalue weighted by Crippen LogP contribution is -2.42. The molecule has 8 nitrogen and oxygen atoms in total. The van der Waals surface area contributed by atoms with Crippen molar-refractivity contribution in [2.75, 3.05) is 25.0 Å². The fourth-order valence-corrected chi connectivity index (χ4v) is 3.73. The normalized spacial score (nSPS) is 15.5. The third kappa shape index (κ3) is 6.31. The smallest absolute Gasteiger partial charge is 0.305 e. The van der Waals surface area contributed by atoms with Crippen molar-refractivity contribution in [1.82, 2.24) is 10.2 Å². The van der Waals surface area contributed by atoms with E-state index < -0.39 is 12.0 Å². The van der Waals surface area contributed by atoms with Gasteiger partial charge in [-0.05, 0) is 49.1 Å². The van der Waals surface area contributed by atoms with Crippen LogP contribution in [0.3, 0.4) is 0 Å². The van der Waals surface area contributed by atoms with Crippen LogP contribution in [0.4, 0.5) is 5.69 Å². The molecule has 2 amide bonds. The number of amides is 2. The highest BCUT2D eigenvalue weighted by atomic mass is 16.4. The molecule has 0 aromatic heterocycles. The van der Waals surface area contributed by atoms with Gasteiger partial charge in [-0.15, -0.1) is 0 Å². The van der Waals surface area contributed by atoms with E-state index in [4.69, 9.17) is 5.73 Å². The van der Waals surface area contributed by atoms with Gasteiger partial charge < -0.3 is 26.4 Å². The number of nitrogens with one attached hydrogen (secondary N) is 2. The molecule has 0 aliphatic carbocycles. The lowest BCUT2D eigenvalue weighted by Gasteiger charge is -2.24. The van der Waals surface area contributed by atoms with Crippen molar-refractivity contribution in [3.8, 4) is 0 Å². The Hall–Kier alpha value is -3.39. The monoisotopic (exact) mass is 438 g/mol. The SMILES string of the molecule is NCCCCNC(=O)c1ccc2c(c1)N[C@H](CC(=O)O)C(=O)N(CCc1ccccc1)C2. The van der Waals surface area contributed by atoms with Crippen molar-refractivity contribution < 1.29 is 19.5 Å². The molecule has 32 heavy (non-hydrogen) atoms. The number of aliphatic carboxylic acids is 1. The molecule has 1 atom stereocenters. The minimum Gasteiger partial charge on any atom is -0.481 e. The number of carbonyl (C=O) groups excluding carboxylic acids is 2. The standard InChI is InChI=1S/C24H30N4O4/c25-11-4-5-12-26-23(31)18-8-9-19-16-28(13-10-17-6-2-1-3-7-17)24(32)21(15-22(29)30)27-20(19)14-18/h1-3,6-9,14,21,27H,4-5,10-13,15-16,25H2,(H,26,31)(H,29,30)/t21-/m1/s1. The topological polar surface area (TPSA) is 125 Å². The van der Waals surface area contributed by atoms with Crippen molar-refractivity contribution >= 4 is 23.5 Å². The van der Waals surface area contributed by atoms with Crippen LogP contribution in [0.5, 0.6) is 0 Å². The van der Waals surface area contributed by atoms with Crippen molar-refractivity contribution in [1.29, 1.82) is 0 Å². The number of unbranched alkanes of at least 4 members (excludes halogenated alkanes) is 1. The molecule has 1 aliphatic heterocycles. The molecule has 3 rings (SSSR count). The zero-order valence-electron chi connectivity index (χ0n) is 18.0. The molecular weight excluding hydrogens is 408 g/mol. The lowest BCUT2D eigenvalue weighted by atomic mass is 10.1. The second-order valence-corrected chi connectivity index (χ2v) is 7.91. The van der Waals surface area contributed by atoms with E-state index in [1.807, 2.05) is 36.4 Å². The summed E-state index contributed by atoms with van der Waals surface area (Å²) in [5, 5.41) is 15.3. The number of hydrogen-bond acceptors (Lipinski definition) is 5. The summed E-state index contributed by atoms with van der Waals surface area (Å²) in [5.74, 6) is -1.53. The molecule has 0 saturated carbocycles. The molecule has 5 N–H and O–H groups in total. The number of rotatable bonds is 10. The first-order valence-electron chi connectivity index (χ1n) is 10.9. The van der Waals surface area contributed by atoms with E-state index in [9.17, 15) is 19.5 Å². The predicted octanol–water partition coefficient (Wildman–Crippen LogP) is 2.00. The van der Waals surface area contributed by atoms with Gasteiger partial charge in [0.2, 0.25) is 5.91 Å². The van der Waals surface area contributed by atoms with Gasteiger partial charge in [-0.2, -0.15) is 0 Å². The third-order valence-corrected chi connectivity index (χ3v) is 5.48. The van der Waals surface area contributed by atoms with Crippen molar-refractivity contribution in [2.24, 2.45) is 5.73 Å². The molecule has 0 bridgehead atoms. The second-order valence-electron chi connectivity index (χ2n) is 7.91. The molecule has 0 fully saturated rings. The number of carboxylic acids is 1. The van der Waals surface area contributed by atoms with Crippen LogP contribution in [0, 0.1) is 0 Å². The molecule has 8 heteroatoms. The highest BCUT2D eigenvalue weighted by Gasteiger charge is 2.31. The van der Waals surface area contributed by atoms with Gasteiger partial charge in [-0.3, -0.25) is 14.4 Å². The minimum atomic E-state index is -1.06. The number of carboxylic acid groups (broad SMARTS) is 1.